The van der Waals surface area contributed by atoms with Crippen LogP contribution in [0.2, 0.25) is 0 Å². The van der Waals surface area contributed by atoms with Gasteiger partial charge in [-0.3, -0.25) is 9.69 Å². The van der Waals surface area contributed by atoms with Gasteiger partial charge < -0.3 is 10.4 Å². The number of piperidine rings is 1. The molecule has 5 nitrogen and oxygen atoms in total. The summed E-state index contributed by atoms with van der Waals surface area (Å²) < 4.78 is 0. The van der Waals surface area contributed by atoms with Crippen LogP contribution in [0, 0.1) is 5.41 Å². The Morgan fingerprint density at radius 2 is 2.14 bits per heavy atom. The third-order valence-corrected chi connectivity index (χ3v) is 4.59. The number of hydrogen-bond acceptors (Lipinski definition) is 3. The van der Waals surface area contributed by atoms with E-state index in [9.17, 15) is 14.7 Å². The molecule has 2 heterocycles. The van der Waals surface area contributed by atoms with Crippen molar-refractivity contribution < 1.29 is 14.7 Å². The minimum atomic E-state index is -0.938. The number of aliphatic carboxylic acids is 1. The van der Waals surface area contributed by atoms with Crippen LogP contribution in [0.25, 0.3) is 0 Å². The fraction of sp³-hybridized carbons (Fsp3) is 0.500. The summed E-state index contributed by atoms with van der Waals surface area (Å²) in [6, 6.07) is 6.70. The highest BCUT2D eigenvalue weighted by molar-refractivity contribution is 6.04. The van der Waals surface area contributed by atoms with Gasteiger partial charge in [0.15, 0.2) is 0 Å². The normalized spacial score (nSPS) is 28.2. The summed E-state index contributed by atoms with van der Waals surface area (Å²) >= 11 is 0. The highest BCUT2D eigenvalue weighted by atomic mass is 16.4. The second-order valence-corrected chi connectivity index (χ2v) is 6.20. The highest BCUT2D eigenvalue weighted by Gasteiger charge is 2.45. The maximum absolute atomic E-state index is 13.0. The molecule has 1 unspecified atom stereocenters. The Hall–Kier alpha value is -1.88. The predicted octanol–water partition coefficient (Wildman–Crippen LogP) is 1.42. The molecule has 0 bridgehead atoms. The Balaban J connectivity index is 1.97. The van der Waals surface area contributed by atoms with Crippen molar-refractivity contribution in [3.8, 4) is 0 Å². The molecule has 2 aliphatic heterocycles. The van der Waals surface area contributed by atoms with E-state index in [1.54, 1.807) is 0 Å². The van der Waals surface area contributed by atoms with Crippen LogP contribution in [-0.2, 0) is 16.0 Å². The SMILES string of the molecule is CC1(C(=O)N2c3ccccc3C[C@H]2C(=O)O)CCCNC1. The van der Waals surface area contributed by atoms with E-state index < -0.39 is 17.4 Å². The van der Waals surface area contributed by atoms with Crippen LogP contribution in [0.4, 0.5) is 5.69 Å². The average Bonchev–Trinajstić information content (AvgIpc) is 2.86. The Bertz CT molecular complexity index is 579. The summed E-state index contributed by atoms with van der Waals surface area (Å²) in [5.74, 6) is -1.01. The first kappa shape index (κ1) is 14.1. The first-order chi connectivity index (χ1) is 10.0. The molecule has 2 atom stereocenters. The van der Waals surface area contributed by atoms with E-state index in [0.717, 1.165) is 30.6 Å². The number of nitrogens with one attached hydrogen (secondary N) is 1. The van der Waals surface area contributed by atoms with Crippen molar-refractivity contribution in [3.05, 3.63) is 29.8 Å². The van der Waals surface area contributed by atoms with Crippen molar-refractivity contribution in [2.75, 3.05) is 18.0 Å². The van der Waals surface area contributed by atoms with Gasteiger partial charge in [-0.25, -0.2) is 4.79 Å². The first-order valence-corrected chi connectivity index (χ1v) is 7.38. The smallest absolute Gasteiger partial charge is 0.327 e. The molecule has 0 radical (unpaired) electrons. The number of carbonyl (C=O) groups excluding carboxylic acids is 1. The summed E-state index contributed by atoms with van der Waals surface area (Å²) in [6.07, 6.45) is 2.13. The van der Waals surface area contributed by atoms with Gasteiger partial charge in [0.2, 0.25) is 5.91 Å². The Morgan fingerprint density at radius 1 is 1.38 bits per heavy atom. The van der Waals surface area contributed by atoms with Gasteiger partial charge in [0.1, 0.15) is 6.04 Å². The molecule has 5 heteroatoms. The van der Waals surface area contributed by atoms with E-state index in [2.05, 4.69) is 5.32 Å². The van der Waals surface area contributed by atoms with Crippen LogP contribution in [-0.4, -0.2) is 36.1 Å². The highest BCUT2D eigenvalue weighted by Crippen LogP contribution is 2.37. The zero-order valence-corrected chi connectivity index (χ0v) is 12.1. The van der Waals surface area contributed by atoms with E-state index in [1.807, 2.05) is 31.2 Å². The molecule has 1 aromatic carbocycles. The number of nitrogens with zero attached hydrogens (tertiary/aromatic N) is 1. The van der Waals surface area contributed by atoms with Crippen LogP contribution in [0.5, 0.6) is 0 Å². The van der Waals surface area contributed by atoms with Gasteiger partial charge in [0.25, 0.3) is 0 Å². The summed E-state index contributed by atoms with van der Waals surface area (Å²) in [5, 5.41) is 12.7. The Morgan fingerprint density at radius 3 is 2.81 bits per heavy atom. The minimum Gasteiger partial charge on any atom is -0.480 e. The first-order valence-electron chi connectivity index (χ1n) is 7.38. The molecule has 1 amide bonds. The fourth-order valence-corrected chi connectivity index (χ4v) is 3.36. The van der Waals surface area contributed by atoms with Crippen LogP contribution >= 0.6 is 0 Å². The van der Waals surface area contributed by atoms with Crippen molar-refractivity contribution in [2.24, 2.45) is 5.41 Å². The molecule has 3 rings (SSSR count). The summed E-state index contributed by atoms with van der Waals surface area (Å²) in [6.45, 7) is 3.46. The predicted molar refractivity (Wildman–Crippen MR) is 79.3 cm³/mol. The van der Waals surface area contributed by atoms with Gasteiger partial charge in [-0.1, -0.05) is 18.2 Å². The molecule has 1 fully saturated rings. The molecular formula is C16H20N2O3. The van der Waals surface area contributed by atoms with Gasteiger partial charge in [0.05, 0.1) is 5.41 Å². The Kier molecular flexibility index (Phi) is 3.45. The van der Waals surface area contributed by atoms with Crippen LogP contribution < -0.4 is 10.2 Å². The second kappa shape index (κ2) is 5.15. The number of anilines is 1. The van der Waals surface area contributed by atoms with E-state index in [4.69, 9.17) is 0 Å². The van der Waals surface area contributed by atoms with E-state index >= 15 is 0 Å². The summed E-state index contributed by atoms with van der Waals surface area (Å²) in [7, 11) is 0. The monoisotopic (exact) mass is 288 g/mol. The molecule has 2 aliphatic rings. The zero-order valence-electron chi connectivity index (χ0n) is 12.1. The lowest BCUT2D eigenvalue weighted by Gasteiger charge is -2.37. The van der Waals surface area contributed by atoms with Crippen LogP contribution in [0.3, 0.4) is 0 Å². The van der Waals surface area contributed by atoms with Gasteiger partial charge in [-0.05, 0) is 37.9 Å². The van der Waals surface area contributed by atoms with Gasteiger partial charge in [-0.15, -0.1) is 0 Å². The lowest BCUT2D eigenvalue weighted by Crippen LogP contribution is -2.54. The number of hydrogen-bond donors (Lipinski definition) is 2. The standard InChI is InChI=1S/C16H20N2O3/c1-16(7-4-8-17-10-16)15(21)18-12-6-3-2-5-11(12)9-13(18)14(19)20/h2-3,5-6,13,17H,4,7-10H2,1H3,(H,19,20)/t13-,16?/m0/s1. The molecule has 0 spiro atoms. The molecule has 2 N–H and O–H groups in total. The van der Waals surface area contributed by atoms with Crippen molar-refractivity contribution in [1.82, 2.24) is 5.32 Å². The third kappa shape index (κ3) is 2.31. The number of benzene rings is 1. The zero-order chi connectivity index (χ0) is 15.0. The van der Waals surface area contributed by atoms with Crippen molar-refractivity contribution in [1.29, 1.82) is 0 Å². The fourth-order valence-electron chi connectivity index (χ4n) is 3.36. The number of carboxylic acid groups (broad SMARTS) is 1. The molecule has 112 valence electrons. The molecule has 1 saturated heterocycles. The molecule has 0 aliphatic carbocycles. The average molecular weight is 288 g/mol. The van der Waals surface area contributed by atoms with Gasteiger partial charge in [-0.2, -0.15) is 0 Å². The third-order valence-electron chi connectivity index (χ3n) is 4.59. The van der Waals surface area contributed by atoms with Crippen molar-refractivity contribution >= 4 is 17.6 Å². The molecule has 0 aromatic heterocycles. The van der Waals surface area contributed by atoms with Crippen molar-refractivity contribution in [3.63, 3.8) is 0 Å². The number of amides is 1. The van der Waals surface area contributed by atoms with E-state index in [0.29, 0.717) is 13.0 Å². The van der Waals surface area contributed by atoms with E-state index in [-0.39, 0.29) is 5.91 Å². The number of rotatable bonds is 2. The largest absolute Gasteiger partial charge is 0.480 e. The van der Waals surface area contributed by atoms with Gasteiger partial charge in [0, 0.05) is 18.7 Å². The van der Waals surface area contributed by atoms with Crippen molar-refractivity contribution in [2.45, 2.75) is 32.2 Å². The molecular weight excluding hydrogens is 268 g/mol. The maximum atomic E-state index is 13.0. The van der Waals surface area contributed by atoms with Gasteiger partial charge >= 0.3 is 5.97 Å². The summed E-state index contributed by atoms with van der Waals surface area (Å²) in [4.78, 5) is 26.1. The Labute approximate surface area is 123 Å². The van der Waals surface area contributed by atoms with Crippen LogP contribution in [0.1, 0.15) is 25.3 Å². The number of carbonyl (C=O) groups is 2. The lowest BCUT2D eigenvalue weighted by atomic mass is 9.81. The topological polar surface area (TPSA) is 69.6 Å². The van der Waals surface area contributed by atoms with Crippen LogP contribution in [0.15, 0.2) is 24.3 Å². The molecule has 0 saturated carbocycles. The summed E-state index contributed by atoms with van der Waals surface area (Å²) in [5.41, 5.74) is 1.16. The lowest BCUT2D eigenvalue weighted by molar-refractivity contribution is -0.141. The number of fused-ring (bicyclic) bond motifs is 1. The quantitative estimate of drug-likeness (QED) is 0.863. The minimum absolute atomic E-state index is 0.0768. The molecule has 1 aromatic rings. The maximum Gasteiger partial charge on any atom is 0.327 e. The number of para-hydroxylation sites is 1. The second-order valence-electron chi connectivity index (χ2n) is 6.20. The number of carboxylic acids is 1. The molecule has 21 heavy (non-hydrogen) atoms. The van der Waals surface area contributed by atoms with E-state index in [1.165, 1.54) is 4.90 Å².